The highest BCUT2D eigenvalue weighted by atomic mass is 16.6. The third kappa shape index (κ3) is 2.98. The van der Waals surface area contributed by atoms with Crippen LogP contribution in [-0.2, 0) is 23.8 Å². The maximum atomic E-state index is 11.0. The molecule has 0 aliphatic rings. The molecular formula is C7H12O5. The van der Waals surface area contributed by atoms with E-state index in [1.807, 2.05) is 0 Å². The normalized spacial score (nSPS) is 12.2. The van der Waals surface area contributed by atoms with E-state index in [2.05, 4.69) is 14.2 Å². The number of rotatable bonds is 5. The Morgan fingerprint density at radius 1 is 1.25 bits per heavy atom. The Labute approximate surface area is 70.6 Å². The minimum Gasteiger partial charge on any atom is -0.467 e. The van der Waals surface area contributed by atoms with Crippen molar-refractivity contribution >= 4 is 11.8 Å². The van der Waals surface area contributed by atoms with Crippen LogP contribution in [0.3, 0.4) is 0 Å². The second-order valence-corrected chi connectivity index (χ2v) is 2.04. The average Bonchev–Trinajstić information content (AvgIpc) is 2.06. The van der Waals surface area contributed by atoms with E-state index in [0.717, 1.165) is 0 Å². The minimum absolute atomic E-state index is 0.159. The summed E-state index contributed by atoms with van der Waals surface area (Å²) < 4.78 is 13.5. The molecule has 0 aliphatic carbocycles. The molecule has 0 aromatic heterocycles. The number of Topliss-reactive ketones (excluding diaryl/α,β-unsaturated/α-hetero) is 1. The van der Waals surface area contributed by atoms with Crippen LogP contribution >= 0.6 is 0 Å². The standard InChI is InChI=1S/C7H12O5/c1-10-4-5(8)6(11-2)7(9)12-3/h6H,4H2,1-3H3. The van der Waals surface area contributed by atoms with Gasteiger partial charge in [-0.05, 0) is 0 Å². The van der Waals surface area contributed by atoms with E-state index in [-0.39, 0.29) is 6.61 Å². The van der Waals surface area contributed by atoms with Gasteiger partial charge in [-0.1, -0.05) is 0 Å². The molecule has 5 nitrogen and oxygen atoms in total. The van der Waals surface area contributed by atoms with Gasteiger partial charge >= 0.3 is 5.97 Å². The SMILES string of the molecule is COCC(=O)C(OC)C(=O)OC. The fourth-order valence-corrected chi connectivity index (χ4v) is 0.684. The molecule has 12 heavy (non-hydrogen) atoms. The van der Waals surface area contributed by atoms with Gasteiger partial charge in [-0.2, -0.15) is 0 Å². The fraction of sp³-hybridized carbons (Fsp3) is 0.714. The zero-order valence-electron chi connectivity index (χ0n) is 7.33. The number of esters is 1. The lowest BCUT2D eigenvalue weighted by atomic mass is 10.2. The van der Waals surface area contributed by atoms with Crippen molar-refractivity contribution in [3.63, 3.8) is 0 Å². The molecule has 1 atom stereocenters. The highest BCUT2D eigenvalue weighted by Gasteiger charge is 2.26. The smallest absolute Gasteiger partial charge is 0.342 e. The third-order valence-electron chi connectivity index (χ3n) is 1.23. The quantitative estimate of drug-likeness (QED) is 0.413. The molecule has 0 rings (SSSR count). The first-order chi connectivity index (χ1) is 5.67. The van der Waals surface area contributed by atoms with Crippen molar-refractivity contribution in [2.45, 2.75) is 6.10 Å². The van der Waals surface area contributed by atoms with Gasteiger partial charge in [-0.3, -0.25) is 4.79 Å². The largest absolute Gasteiger partial charge is 0.467 e. The molecule has 0 aromatic carbocycles. The van der Waals surface area contributed by atoms with E-state index < -0.39 is 17.9 Å². The zero-order chi connectivity index (χ0) is 9.56. The Hall–Kier alpha value is -0.940. The van der Waals surface area contributed by atoms with E-state index in [9.17, 15) is 9.59 Å². The monoisotopic (exact) mass is 176 g/mol. The predicted octanol–water partition coefficient (Wildman–Crippen LogP) is -0.610. The first-order valence-electron chi connectivity index (χ1n) is 3.29. The number of hydrogen-bond acceptors (Lipinski definition) is 5. The molecule has 0 N–H and O–H groups in total. The van der Waals surface area contributed by atoms with Gasteiger partial charge in [0.1, 0.15) is 6.61 Å². The van der Waals surface area contributed by atoms with Gasteiger partial charge in [0.05, 0.1) is 7.11 Å². The Bertz CT molecular complexity index is 165. The number of carbonyl (C=O) groups is 2. The van der Waals surface area contributed by atoms with Crippen LogP contribution in [-0.4, -0.2) is 45.8 Å². The molecule has 0 radical (unpaired) electrons. The Balaban J connectivity index is 4.14. The number of carbonyl (C=O) groups excluding carboxylic acids is 2. The van der Waals surface area contributed by atoms with Gasteiger partial charge in [0, 0.05) is 14.2 Å². The Morgan fingerprint density at radius 2 is 1.83 bits per heavy atom. The molecule has 0 bridgehead atoms. The summed E-state index contributed by atoms with van der Waals surface area (Å²) in [5, 5.41) is 0. The lowest BCUT2D eigenvalue weighted by Gasteiger charge is -2.10. The minimum atomic E-state index is -1.17. The van der Waals surface area contributed by atoms with Crippen LogP contribution in [0.5, 0.6) is 0 Å². The molecule has 0 aliphatic heterocycles. The molecule has 0 fully saturated rings. The van der Waals surface area contributed by atoms with Crippen LogP contribution in [0.4, 0.5) is 0 Å². The van der Waals surface area contributed by atoms with Crippen molar-refractivity contribution in [1.29, 1.82) is 0 Å². The van der Waals surface area contributed by atoms with Crippen molar-refractivity contribution in [3.05, 3.63) is 0 Å². The van der Waals surface area contributed by atoms with Crippen LogP contribution in [0.15, 0.2) is 0 Å². The van der Waals surface area contributed by atoms with Gasteiger partial charge in [-0.25, -0.2) is 4.79 Å². The number of ether oxygens (including phenoxy) is 3. The molecule has 5 heteroatoms. The maximum absolute atomic E-state index is 11.0. The molecule has 1 unspecified atom stereocenters. The fourth-order valence-electron chi connectivity index (χ4n) is 0.684. The van der Waals surface area contributed by atoms with Crippen molar-refractivity contribution in [1.82, 2.24) is 0 Å². The molecule has 0 aromatic rings. The van der Waals surface area contributed by atoms with Crippen LogP contribution in [0, 0.1) is 0 Å². The third-order valence-corrected chi connectivity index (χ3v) is 1.23. The summed E-state index contributed by atoms with van der Waals surface area (Å²) in [4.78, 5) is 21.9. The van der Waals surface area contributed by atoms with Gasteiger partial charge in [-0.15, -0.1) is 0 Å². The van der Waals surface area contributed by atoms with Gasteiger partial charge in [0.15, 0.2) is 5.78 Å². The predicted molar refractivity (Wildman–Crippen MR) is 39.7 cm³/mol. The Kier molecular flexibility index (Phi) is 5.23. The lowest BCUT2D eigenvalue weighted by molar-refractivity contribution is -0.158. The summed E-state index contributed by atoms with van der Waals surface area (Å²) in [6, 6.07) is 0. The molecule has 0 saturated heterocycles. The zero-order valence-corrected chi connectivity index (χ0v) is 7.33. The summed E-state index contributed by atoms with van der Waals surface area (Å²) in [5.41, 5.74) is 0. The van der Waals surface area contributed by atoms with Gasteiger partial charge in [0.25, 0.3) is 0 Å². The van der Waals surface area contributed by atoms with Crippen molar-refractivity contribution in [2.75, 3.05) is 27.9 Å². The molecule has 0 amide bonds. The van der Waals surface area contributed by atoms with E-state index in [1.165, 1.54) is 21.3 Å². The molecule has 0 heterocycles. The Morgan fingerprint density at radius 3 is 2.17 bits per heavy atom. The highest BCUT2D eigenvalue weighted by Crippen LogP contribution is 1.95. The summed E-state index contributed by atoms with van der Waals surface area (Å²) in [7, 11) is 3.81. The topological polar surface area (TPSA) is 61.8 Å². The number of hydrogen-bond donors (Lipinski definition) is 0. The van der Waals surface area contributed by atoms with E-state index in [0.29, 0.717) is 0 Å². The molecule has 0 saturated carbocycles. The molecule has 0 spiro atoms. The second-order valence-electron chi connectivity index (χ2n) is 2.04. The van der Waals surface area contributed by atoms with Gasteiger partial charge in [0.2, 0.25) is 6.10 Å². The summed E-state index contributed by atoms with van der Waals surface area (Å²) >= 11 is 0. The summed E-state index contributed by atoms with van der Waals surface area (Å²) in [5.74, 6) is -1.16. The first kappa shape index (κ1) is 11.1. The van der Waals surface area contributed by atoms with Crippen molar-refractivity contribution in [2.24, 2.45) is 0 Å². The second kappa shape index (κ2) is 5.68. The van der Waals surface area contributed by atoms with Crippen LogP contribution in [0.2, 0.25) is 0 Å². The molecular weight excluding hydrogens is 164 g/mol. The van der Waals surface area contributed by atoms with E-state index in [4.69, 9.17) is 0 Å². The van der Waals surface area contributed by atoms with Crippen molar-refractivity contribution < 1.29 is 23.8 Å². The van der Waals surface area contributed by atoms with Crippen LogP contribution < -0.4 is 0 Å². The maximum Gasteiger partial charge on any atom is 0.342 e. The number of methoxy groups -OCH3 is 3. The lowest BCUT2D eigenvalue weighted by Crippen LogP contribution is -2.35. The van der Waals surface area contributed by atoms with Crippen LogP contribution in [0.1, 0.15) is 0 Å². The van der Waals surface area contributed by atoms with Crippen molar-refractivity contribution in [3.8, 4) is 0 Å². The summed E-state index contributed by atoms with van der Waals surface area (Å²) in [6.45, 7) is -0.159. The van der Waals surface area contributed by atoms with E-state index >= 15 is 0 Å². The summed E-state index contributed by atoms with van der Waals surface area (Å²) in [6.07, 6.45) is -1.17. The molecule has 70 valence electrons. The number of ketones is 1. The highest BCUT2D eigenvalue weighted by molar-refractivity contribution is 6.02. The van der Waals surface area contributed by atoms with E-state index in [1.54, 1.807) is 0 Å². The van der Waals surface area contributed by atoms with Gasteiger partial charge < -0.3 is 14.2 Å². The first-order valence-corrected chi connectivity index (χ1v) is 3.29. The van der Waals surface area contributed by atoms with Crippen LogP contribution in [0.25, 0.3) is 0 Å². The average molecular weight is 176 g/mol.